The van der Waals surface area contributed by atoms with E-state index in [0.29, 0.717) is 18.5 Å². The van der Waals surface area contributed by atoms with Gasteiger partial charge in [0.1, 0.15) is 17.7 Å². The molecular formula is C32H42N8O7S2. The van der Waals surface area contributed by atoms with E-state index in [1.54, 1.807) is 32.0 Å². The van der Waals surface area contributed by atoms with E-state index in [0.717, 1.165) is 48.1 Å². The van der Waals surface area contributed by atoms with E-state index in [2.05, 4.69) is 25.7 Å². The molecule has 2 fully saturated rings. The summed E-state index contributed by atoms with van der Waals surface area (Å²) in [4.78, 5) is 54.5. The van der Waals surface area contributed by atoms with Crippen LogP contribution in [0.5, 0.6) is 0 Å². The molecule has 0 unspecified atom stereocenters. The number of thioether (sulfide) groups is 1. The van der Waals surface area contributed by atoms with Gasteiger partial charge in [0.15, 0.2) is 0 Å². The number of nitrogens with zero attached hydrogens (tertiary/aromatic N) is 4. The molecule has 4 amide bonds. The van der Waals surface area contributed by atoms with Crippen molar-refractivity contribution < 1.29 is 32.7 Å². The van der Waals surface area contributed by atoms with E-state index < -0.39 is 68.1 Å². The lowest BCUT2D eigenvalue weighted by Gasteiger charge is -2.38. The average Bonchev–Trinajstić information content (AvgIpc) is 3.70. The molecule has 15 nitrogen and oxygen atoms in total. The molecule has 6 N–H and O–H groups in total. The lowest BCUT2D eigenvalue weighted by atomic mass is 9.94. The number of nitrogens with two attached hydrogens (primary N) is 1. The van der Waals surface area contributed by atoms with Crippen LogP contribution in [0.4, 0.5) is 4.79 Å². The fourth-order valence-corrected chi connectivity index (χ4v) is 8.02. The number of amides is 4. The smallest absolute Gasteiger partial charge is 0.278 e. The van der Waals surface area contributed by atoms with E-state index in [4.69, 9.17) is 5.73 Å². The summed E-state index contributed by atoms with van der Waals surface area (Å²) in [6, 6.07) is 9.35. The number of carbonyl (C=O) groups excluding carboxylic acids is 4. The number of likely N-dealkylation sites (tertiary alicyclic amines) is 1. The second-order valence-electron chi connectivity index (χ2n) is 13.2. The predicted octanol–water partition coefficient (Wildman–Crippen LogP) is 1.74. The maximum absolute atomic E-state index is 14.4. The van der Waals surface area contributed by atoms with Gasteiger partial charge in [-0.3, -0.25) is 19.2 Å². The van der Waals surface area contributed by atoms with Crippen molar-refractivity contribution >= 4 is 55.5 Å². The Morgan fingerprint density at radius 2 is 1.80 bits per heavy atom. The van der Waals surface area contributed by atoms with Crippen molar-refractivity contribution in [2.75, 3.05) is 19.3 Å². The van der Waals surface area contributed by atoms with Crippen molar-refractivity contribution in [2.45, 2.75) is 81.0 Å². The minimum absolute atomic E-state index is 0.0617. The van der Waals surface area contributed by atoms with Gasteiger partial charge in [0.25, 0.3) is 11.1 Å². The molecule has 1 aliphatic heterocycles. The minimum atomic E-state index is -3.79. The van der Waals surface area contributed by atoms with Crippen LogP contribution in [0.1, 0.15) is 74.5 Å². The lowest BCUT2D eigenvalue weighted by molar-refractivity contribution is -0.140. The summed E-state index contributed by atoms with van der Waals surface area (Å²) in [7, 11) is -3.79. The van der Waals surface area contributed by atoms with E-state index in [9.17, 15) is 32.7 Å². The molecule has 0 spiro atoms. The normalized spacial score (nSPS) is 20.1. The van der Waals surface area contributed by atoms with Gasteiger partial charge < -0.3 is 26.4 Å². The number of hydrogen-bond acceptors (Lipinski definition) is 10. The first-order valence-corrected chi connectivity index (χ1v) is 18.7. The third-order valence-corrected chi connectivity index (χ3v) is 10.7. The first kappa shape index (κ1) is 36.2. The second-order valence-corrected chi connectivity index (χ2v) is 16.4. The monoisotopic (exact) mass is 714 g/mol. The van der Waals surface area contributed by atoms with E-state index in [1.165, 1.54) is 15.8 Å². The molecule has 3 atom stereocenters. The van der Waals surface area contributed by atoms with Crippen molar-refractivity contribution in [3.05, 3.63) is 59.9 Å². The average molecular weight is 715 g/mol. The van der Waals surface area contributed by atoms with Crippen LogP contribution >= 0.6 is 11.8 Å². The highest BCUT2D eigenvalue weighted by atomic mass is 32.2. The third kappa shape index (κ3) is 8.76. The van der Waals surface area contributed by atoms with Gasteiger partial charge in [-0.05, 0) is 61.4 Å². The number of sulfonamides is 1. The quantitative estimate of drug-likeness (QED) is 0.181. The van der Waals surface area contributed by atoms with Gasteiger partial charge in [-0.15, -0.1) is 5.10 Å². The van der Waals surface area contributed by atoms with Crippen molar-refractivity contribution in [2.24, 2.45) is 5.73 Å². The Hall–Kier alpha value is -4.06. The number of primary amides is 1. The Morgan fingerprint density at radius 3 is 2.45 bits per heavy atom. The number of hydrogen-bond donors (Lipinski definition) is 5. The topological polar surface area (TPSA) is 219 Å². The summed E-state index contributed by atoms with van der Waals surface area (Å²) < 4.78 is 28.1. The highest BCUT2D eigenvalue weighted by Crippen LogP contribution is 2.39. The van der Waals surface area contributed by atoms with Gasteiger partial charge >= 0.3 is 0 Å². The largest absolute Gasteiger partial charge is 0.384 e. The molecule has 0 radical (unpaired) electrons. The maximum Gasteiger partial charge on any atom is 0.278 e. The highest BCUT2D eigenvalue weighted by Gasteiger charge is 2.47. The van der Waals surface area contributed by atoms with Crippen LogP contribution in [0.25, 0.3) is 10.8 Å². The Morgan fingerprint density at radius 1 is 1.10 bits per heavy atom. The van der Waals surface area contributed by atoms with Gasteiger partial charge in [0, 0.05) is 25.1 Å². The van der Waals surface area contributed by atoms with Crippen LogP contribution in [-0.4, -0.2) is 92.7 Å². The van der Waals surface area contributed by atoms with Gasteiger partial charge in [-0.1, -0.05) is 54.8 Å². The number of benzene rings is 2. The van der Waals surface area contributed by atoms with Crippen molar-refractivity contribution in [3.8, 4) is 0 Å². The Bertz CT molecular complexity index is 1840. The SMILES string of the molecule is CC(C)(O)c1cnnn1[C@H]1C[C@@H](C(=O)NC2(SC(N)=O)CCCCC2)N(C(=O)[C@@H](CNS(C)(=O)=O)NC(=O)c2ccc3ccccc3c2)C1. The van der Waals surface area contributed by atoms with Crippen LogP contribution in [-0.2, 0) is 25.2 Å². The molecule has 17 heteroatoms. The number of aliphatic hydroxyl groups is 1. The highest BCUT2D eigenvalue weighted by molar-refractivity contribution is 8.14. The summed E-state index contributed by atoms with van der Waals surface area (Å²) in [6.45, 7) is 2.58. The van der Waals surface area contributed by atoms with Crippen LogP contribution in [0.2, 0.25) is 0 Å². The van der Waals surface area contributed by atoms with Gasteiger partial charge in [0.2, 0.25) is 21.8 Å². The lowest BCUT2D eigenvalue weighted by Crippen LogP contribution is -2.59. The molecule has 1 aromatic heterocycles. The number of carbonyl (C=O) groups is 4. The first-order valence-electron chi connectivity index (χ1n) is 16.0. The zero-order chi connectivity index (χ0) is 35.6. The van der Waals surface area contributed by atoms with Crippen LogP contribution in [0.15, 0.2) is 48.7 Å². The Labute approximate surface area is 288 Å². The molecule has 1 aliphatic carbocycles. The van der Waals surface area contributed by atoms with Gasteiger partial charge in [-0.2, -0.15) is 0 Å². The Balaban J connectivity index is 1.48. The maximum atomic E-state index is 14.4. The zero-order valence-electron chi connectivity index (χ0n) is 27.6. The number of nitrogens with one attached hydrogen (secondary N) is 3. The predicted molar refractivity (Wildman–Crippen MR) is 184 cm³/mol. The number of fused-ring (bicyclic) bond motifs is 1. The molecule has 49 heavy (non-hydrogen) atoms. The summed E-state index contributed by atoms with van der Waals surface area (Å²) in [5.41, 5.74) is 4.83. The first-order chi connectivity index (χ1) is 23.1. The van der Waals surface area contributed by atoms with Crippen LogP contribution < -0.4 is 21.1 Å². The molecular weight excluding hydrogens is 673 g/mol. The van der Waals surface area contributed by atoms with Crippen molar-refractivity contribution in [3.63, 3.8) is 0 Å². The summed E-state index contributed by atoms with van der Waals surface area (Å²) in [6.07, 6.45) is 5.88. The molecule has 1 saturated heterocycles. The van der Waals surface area contributed by atoms with Crippen molar-refractivity contribution in [1.82, 2.24) is 35.2 Å². The summed E-state index contributed by atoms with van der Waals surface area (Å²) in [5, 5.41) is 25.7. The molecule has 5 rings (SSSR count). The standard InChI is InChI=1S/C32H42N8O7S2/c1-31(2,45)26-18-34-38-40(26)23-16-25(28(42)37-32(48-30(33)44)13-7-4-8-14-32)39(19-23)29(43)24(17-35-49(3,46)47)36-27(41)22-12-11-20-9-5-6-10-21(20)15-22/h5-6,9-12,15,18,23-25,35,45H,4,7-8,13-14,16-17,19H2,1-3H3,(H2,33,44)(H,36,41)(H,37,42)/t23-,24+,25-/m0/s1. The fourth-order valence-electron chi connectivity index (χ4n) is 6.52. The number of rotatable bonds is 11. The van der Waals surface area contributed by atoms with E-state index in [-0.39, 0.29) is 18.5 Å². The molecule has 2 aromatic carbocycles. The second kappa shape index (κ2) is 14.4. The molecule has 0 bridgehead atoms. The van der Waals surface area contributed by atoms with E-state index in [1.807, 2.05) is 24.3 Å². The van der Waals surface area contributed by atoms with E-state index >= 15 is 0 Å². The van der Waals surface area contributed by atoms with Crippen LogP contribution in [0.3, 0.4) is 0 Å². The molecule has 1 saturated carbocycles. The fraction of sp³-hybridized carbons (Fsp3) is 0.500. The molecule has 2 heterocycles. The molecule has 3 aromatic rings. The third-order valence-electron chi connectivity index (χ3n) is 8.89. The minimum Gasteiger partial charge on any atom is -0.384 e. The van der Waals surface area contributed by atoms with Crippen molar-refractivity contribution in [1.29, 1.82) is 0 Å². The molecule has 2 aliphatic rings. The van der Waals surface area contributed by atoms with Gasteiger partial charge in [0.05, 0.1) is 29.1 Å². The van der Waals surface area contributed by atoms with Gasteiger partial charge in [-0.25, -0.2) is 17.8 Å². The van der Waals surface area contributed by atoms with Crippen LogP contribution in [0, 0.1) is 0 Å². The molecule has 264 valence electrons. The summed E-state index contributed by atoms with van der Waals surface area (Å²) in [5.74, 6) is -1.86. The summed E-state index contributed by atoms with van der Waals surface area (Å²) >= 11 is 0.857. The number of aromatic nitrogens is 3. The Kier molecular flexibility index (Phi) is 10.7. The zero-order valence-corrected chi connectivity index (χ0v) is 29.2.